The van der Waals surface area contributed by atoms with Crippen LogP contribution in [0.3, 0.4) is 0 Å². The maximum absolute atomic E-state index is 13.8. The van der Waals surface area contributed by atoms with Crippen LogP contribution in [0.2, 0.25) is 5.02 Å². The minimum atomic E-state index is -4.07. The SMILES string of the molecule is O=C(O)c1cc2cc(N(Cc3ccc(-c4ccccc4)cc3)S(=O)(=O)c3ccccc3Cl)ccc2o1. The van der Waals surface area contributed by atoms with Gasteiger partial charge in [0.25, 0.3) is 10.0 Å². The van der Waals surface area contributed by atoms with Crippen LogP contribution < -0.4 is 4.31 Å². The number of aromatic carboxylic acids is 1. The van der Waals surface area contributed by atoms with Crippen molar-refractivity contribution in [2.45, 2.75) is 11.4 Å². The van der Waals surface area contributed by atoms with Gasteiger partial charge in [0.15, 0.2) is 0 Å². The second-order valence-electron chi connectivity index (χ2n) is 8.14. The zero-order valence-electron chi connectivity index (χ0n) is 18.8. The van der Waals surface area contributed by atoms with E-state index in [1.54, 1.807) is 30.3 Å². The Bertz CT molecular complexity index is 1660. The van der Waals surface area contributed by atoms with Crippen molar-refractivity contribution in [2.75, 3.05) is 4.31 Å². The quantitative estimate of drug-likeness (QED) is 0.255. The summed E-state index contributed by atoms with van der Waals surface area (Å²) >= 11 is 6.28. The van der Waals surface area contributed by atoms with E-state index in [1.165, 1.54) is 22.5 Å². The molecule has 0 radical (unpaired) electrons. The van der Waals surface area contributed by atoms with E-state index in [-0.39, 0.29) is 22.2 Å². The number of carbonyl (C=O) groups is 1. The van der Waals surface area contributed by atoms with E-state index >= 15 is 0 Å². The first-order valence-electron chi connectivity index (χ1n) is 11.0. The third-order valence-corrected chi connectivity index (χ3v) is 8.06. The van der Waals surface area contributed by atoms with Crippen LogP contribution in [-0.2, 0) is 16.6 Å². The summed E-state index contributed by atoms with van der Waals surface area (Å²) < 4.78 is 34.2. The van der Waals surface area contributed by atoms with E-state index in [1.807, 2.05) is 54.6 Å². The van der Waals surface area contributed by atoms with E-state index in [4.69, 9.17) is 16.0 Å². The third kappa shape index (κ3) is 4.58. The van der Waals surface area contributed by atoms with Crippen molar-refractivity contribution in [3.8, 4) is 11.1 Å². The molecule has 5 rings (SSSR count). The molecule has 0 fully saturated rings. The number of carboxylic acids is 1. The number of hydrogen-bond acceptors (Lipinski definition) is 4. The minimum absolute atomic E-state index is 0.0221. The molecular weight excluding hydrogens is 498 g/mol. The Hall–Kier alpha value is -4.07. The van der Waals surface area contributed by atoms with Gasteiger partial charge in [-0.3, -0.25) is 4.31 Å². The first kappa shape index (κ1) is 23.7. The van der Waals surface area contributed by atoms with Gasteiger partial charge in [-0.2, -0.15) is 0 Å². The molecule has 0 saturated heterocycles. The molecule has 0 atom stereocenters. The zero-order chi connectivity index (χ0) is 25.3. The van der Waals surface area contributed by atoms with Gasteiger partial charge < -0.3 is 9.52 Å². The van der Waals surface area contributed by atoms with Gasteiger partial charge in [-0.1, -0.05) is 78.3 Å². The molecule has 1 N–H and O–H groups in total. The van der Waals surface area contributed by atoms with Gasteiger partial charge in [-0.05, 0) is 53.1 Å². The average molecular weight is 518 g/mol. The molecule has 0 saturated carbocycles. The van der Waals surface area contributed by atoms with Crippen LogP contribution in [0.15, 0.2) is 112 Å². The Morgan fingerprint density at radius 2 is 1.50 bits per heavy atom. The zero-order valence-corrected chi connectivity index (χ0v) is 20.4. The molecule has 0 aliphatic carbocycles. The van der Waals surface area contributed by atoms with Crippen LogP contribution in [-0.4, -0.2) is 19.5 Å². The number of rotatable bonds is 7. The van der Waals surface area contributed by atoms with Crippen LogP contribution in [0.1, 0.15) is 16.1 Å². The summed E-state index contributed by atoms with van der Waals surface area (Å²) in [7, 11) is -4.07. The van der Waals surface area contributed by atoms with Crippen molar-refractivity contribution in [2.24, 2.45) is 0 Å². The lowest BCUT2D eigenvalue weighted by atomic mass is 10.0. The number of halogens is 1. The van der Waals surface area contributed by atoms with Gasteiger partial charge in [0.05, 0.1) is 17.3 Å². The lowest BCUT2D eigenvalue weighted by molar-refractivity contribution is 0.0665. The number of anilines is 1. The van der Waals surface area contributed by atoms with Gasteiger partial charge >= 0.3 is 5.97 Å². The molecule has 5 aromatic rings. The molecule has 0 aliphatic rings. The molecule has 6 nitrogen and oxygen atoms in total. The number of benzene rings is 4. The Kier molecular flexibility index (Phi) is 6.26. The summed E-state index contributed by atoms with van der Waals surface area (Å²) in [4.78, 5) is 11.3. The van der Waals surface area contributed by atoms with Gasteiger partial charge in [0.1, 0.15) is 10.5 Å². The molecule has 0 unspecified atom stereocenters. The molecule has 0 bridgehead atoms. The highest BCUT2D eigenvalue weighted by atomic mass is 35.5. The van der Waals surface area contributed by atoms with Crippen molar-refractivity contribution in [3.63, 3.8) is 0 Å². The van der Waals surface area contributed by atoms with E-state index < -0.39 is 16.0 Å². The number of carboxylic acid groups (broad SMARTS) is 1. The smallest absolute Gasteiger partial charge is 0.371 e. The summed E-state index contributed by atoms with van der Waals surface area (Å²) in [6.45, 7) is 0.0395. The van der Waals surface area contributed by atoms with Crippen LogP contribution in [0.25, 0.3) is 22.1 Å². The Labute approximate surface area is 213 Å². The standard InChI is InChI=1S/C28H20ClNO5S/c29-24-8-4-5-9-27(24)36(33,34)30(23-14-15-25-22(16-23)17-26(35-25)28(31)32)18-19-10-12-21(13-11-19)20-6-2-1-3-7-20/h1-17H,18H2,(H,31,32). The molecule has 4 aromatic carbocycles. The first-order valence-corrected chi connectivity index (χ1v) is 12.8. The lowest BCUT2D eigenvalue weighted by Crippen LogP contribution is -2.30. The topological polar surface area (TPSA) is 87.8 Å². The molecule has 180 valence electrons. The van der Waals surface area contributed by atoms with E-state index in [0.717, 1.165) is 16.7 Å². The highest BCUT2D eigenvalue weighted by molar-refractivity contribution is 7.93. The Balaban J connectivity index is 1.58. The van der Waals surface area contributed by atoms with E-state index in [0.29, 0.717) is 16.7 Å². The highest BCUT2D eigenvalue weighted by Gasteiger charge is 2.28. The Morgan fingerprint density at radius 3 is 2.19 bits per heavy atom. The number of hydrogen-bond donors (Lipinski definition) is 1. The fourth-order valence-corrected chi connectivity index (χ4v) is 5.92. The van der Waals surface area contributed by atoms with Crippen LogP contribution >= 0.6 is 11.6 Å². The number of fused-ring (bicyclic) bond motifs is 1. The average Bonchev–Trinajstić information content (AvgIpc) is 3.32. The monoisotopic (exact) mass is 517 g/mol. The third-order valence-electron chi connectivity index (χ3n) is 5.79. The second kappa shape index (κ2) is 9.53. The van der Waals surface area contributed by atoms with Crippen LogP contribution in [0.4, 0.5) is 5.69 Å². The maximum Gasteiger partial charge on any atom is 0.371 e. The van der Waals surface area contributed by atoms with Gasteiger partial charge in [0.2, 0.25) is 5.76 Å². The lowest BCUT2D eigenvalue weighted by Gasteiger charge is -2.25. The number of sulfonamides is 1. The molecule has 0 amide bonds. The normalized spacial score (nSPS) is 11.5. The summed E-state index contributed by atoms with van der Waals surface area (Å²) in [6.07, 6.45) is 0. The molecule has 1 aromatic heterocycles. The fourth-order valence-electron chi connectivity index (χ4n) is 3.98. The fraction of sp³-hybridized carbons (Fsp3) is 0.0357. The molecule has 8 heteroatoms. The molecule has 36 heavy (non-hydrogen) atoms. The van der Waals surface area contributed by atoms with E-state index in [2.05, 4.69) is 0 Å². The van der Waals surface area contributed by atoms with Crippen molar-refractivity contribution in [1.29, 1.82) is 0 Å². The Morgan fingerprint density at radius 1 is 0.833 bits per heavy atom. The van der Waals surface area contributed by atoms with Crippen LogP contribution in [0.5, 0.6) is 0 Å². The van der Waals surface area contributed by atoms with Crippen molar-refractivity contribution >= 4 is 44.3 Å². The first-order chi connectivity index (χ1) is 17.3. The van der Waals surface area contributed by atoms with Crippen molar-refractivity contribution < 1.29 is 22.7 Å². The van der Waals surface area contributed by atoms with Gasteiger partial charge in [-0.15, -0.1) is 0 Å². The molecular formula is C28H20ClNO5S. The minimum Gasteiger partial charge on any atom is -0.475 e. The maximum atomic E-state index is 13.8. The largest absolute Gasteiger partial charge is 0.475 e. The van der Waals surface area contributed by atoms with Crippen molar-refractivity contribution in [1.82, 2.24) is 0 Å². The van der Waals surface area contributed by atoms with Crippen LogP contribution in [0, 0.1) is 0 Å². The summed E-state index contributed by atoms with van der Waals surface area (Å²) in [5, 5.41) is 9.84. The predicted molar refractivity (Wildman–Crippen MR) is 140 cm³/mol. The molecule has 0 aliphatic heterocycles. The van der Waals surface area contributed by atoms with Gasteiger partial charge in [0, 0.05) is 5.39 Å². The summed E-state index contributed by atoms with van der Waals surface area (Å²) in [5.41, 5.74) is 3.54. The van der Waals surface area contributed by atoms with Crippen molar-refractivity contribution in [3.05, 3.63) is 119 Å². The highest BCUT2D eigenvalue weighted by Crippen LogP contribution is 2.33. The summed E-state index contributed by atoms with van der Waals surface area (Å²) in [6, 6.07) is 29.9. The van der Waals surface area contributed by atoms with Gasteiger partial charge in [-0.25, -0.2) is 13.2 Å². The van der Waals surface area contributed by atoms with E-state index in [9.17, 15) is 18.3 Å². The number of furan rings is 1. The number of nitrogens with zero attached hydrogens (tertiary/aromatic N) is 1. The molecule has 0 spiro atoms. The summed E-state index contributed by atoms with van der Waals surface area (Å²) in [5.74, 6) is -1.43. The second-order valence-corrected chi connectivity index (χ2v) is 10.4. The predicted octanol–water partition coefficient (Wildman–Crippen LogP) is 6.85. The molecule has 1 heterocycles.